The fourth-order valence-corrected chi connectivity index (χ4v) is 8.60. The largest absolute Gasteiger partial charge is 0.495 e. The van der Waals surface area contributed by atoms with Crippen molar-refractivity contribution in [3.05, 3.63) is 22.3 Å². The summed E-state index contributed by atoms with van der Waals surface area (Å²) in [5, 5.41) is 12.0. The number of hydrogen-bond acceptors (Lipinski definition) is 10. The number of fused-ring (bicyclic) bond motifs is 5. The third kappa shape index (κ3) is 2.82. The van der Waals surface area contributed by atoms with Crippen molar-refractivity contribution in [3.8, 4) is 11.5 Å². The van der Waals surface area contributed by atoms with Gasteiger partial charge >= 0.3 is 11.9 Å². The maximum atomic E-state index is 12.7. The molecule has 1 N–H and O–H groups in total. The van der Waals surface area contributed by atoms with E-state index in [-0.39, 0.29) is 25.4 Å². The Kier molecular flexibility index (Phi) is 5.18. The number of ether oxygens (including phenoxy) is 7. The Hall–Kier alpha value is -2.40. The SMILES string of the molecule is COc1c2c(c(C)c3c1C(=O)OC3)O[C@]1(C)C[C@H](O)[C@@]34O[C@@](OC)(C[C@H](OC(C)=O)[C@]3(C)[C@@H]1C2)OC4(C)C. The van der Waals surface area contributed by atoms with E-state index >= 15 is 0 Å². The number of rotatable bonds is 3. The van der Waals surface area contributed by atoms with Crippen molar-refractivity contribution in [1.82, 2.24) is 0 Å². The first kappa shape index (κ1) is 25.9. The number of carbonyl (C=O) groups excluding carboxylic acids is 2. The summed E-state index contributed by atoms with van der Waals surface area (Å²) < 4.78 is 42.9. The molecular formula is C28H36O10. The van der Waals surface area contributed by atoms with Gasteiger partial charge in [0, 0.05) is 42.9 Å². The van der Waals surface area contributed by atoms with Crippen LogP contribution < -0.4 is 9.47 Å². The van der Waals surface area contributed by atoms with Crippen LogP contribution in [0.1, 0.15) is 74.5 Å². The molecule has 1 spiro atoms. The van der Waals surface area contributed by atoms with Crippen molar-refractivity contribution in [1.29, 1.82) is 0 Å². The highest BCUT2D eigenvalue weighted by Crippen LogP contribution is 2.71. The van der Waals surface area contributed by atoms with Crippen LogP contribution in [0.2, 0.25) is 0 Å². The van der Waals surface area contributed by atoms with Crippen LogP contribution in [0.15, 0.2) is 0 Å². The molecule has 3 fully saturated rings. The van der Waals surface area contributed by atoms with E-state index in [1.165, 1.54) is 21.1 Å². The zero-order valence-corrected chi connectivity index (χ0v) is 23.2. The highest BCUT2D eigenvalue weighted by atomic mass is 16.9. The summed E-state index contributed by atoms with van der Waals surface area (Å²) >= 11 is 0. The molecule has 6 rings (SSSR count). The van der Waals surface area contributed by atoms with Crippen LogP contribution in [0.25, 0.3) is 0 Å². The molecular weight excluding hydrogens is 496 g/mol. The predicted molar refractivity (Wildman–Crippen MR) is 131 cm³/mol. The molecule has 7 atom stereocenters. The molecule has 208 valence electrons. The lowest BCUT2D eigenvalue weighted by Crippen LogP contribution is -2.80. The van der Waals surface area contributed by atoms with E-state index in [0.29, 0.717) is 23.5 Å². The van der Waals surface area contributed by atoms with Gasteiger partial charge in [-0.05, 0) is 39.7 Å². The highest BCUT2D eigenvalue weighted by Gasteiger charge is 2.84. The second kappa shape index (κ2) is 7.62. The third-order valence-electron chi connectivity index (χ3n) is 10.0. The van der Waals surface area contributed by atoms with E-state index in [2.05, 4.69) is 0 Å². The molecule has 1 aliphatic carbocycles. The smallest absolute Gasteiger partial charge is 0.342 e. The topological polar surface area (TPSA) is 119 Å². The maximum absolute atomic E-state index is 12.7. The van der Waals surface area contributed by atoms with Gasteiger partial charge in [0.25, 0.3) is 5.97 Å². The molecule has 5 aliphatic rings. The van der Waals surface area contributed by atoms with Crippen molar-refractivity contribution in [2.75, 3.05) is 14.2 Å². The lowest BCUT2D eigenvalue weighted by molar-refractivity contribution is -0.410. The van der Waals surface area contributed by atoms with E-state index in [1.54, 1.807) is 0 Å². The van der Waals surface area contributed by atoms with Gasteiger partial charge in [-0.1, -0.05) is 6.92 Å². The van der Waals surface area contributed by atoms with Gasteiger partial charge < -0.3 is 38.3 Å². The van der Waals surface area contributed by atoms with Gasteiger partial charge in [-0.15, -0.1) is 0 Å². The molecule has 4 aliphatic heterocycles. The number of esters is 2. The zero-order chi connectivity index (χ0) is 27.6. The van der Waals surface area contributed by atoms with Crippen LogP contribution in [0.4, 0.5) is 0 Å². The van der Waals surface area contributed by atoms with Gasteiger partial charge in [0.05, 0.1) is 19.6 Å². The van der Waals surface area contributed by atoms with Crippen LogP contribution >= 0.6 is 0 Å². The number of aliphatic hydroxyl groups excluding tert-OH is 1. The first-order valence-corrected chi connectivity index (χ1v) is 13.1. The lowest BCUT2D eigenvalue weighted by atomic mass is 9.45. The normalized spacial score (nSPS) is 41.7. The Labute approximate surface area is 221 Å². The molecule has 38 heavy (non-hydrogen) atoms. The van der Waals surface area contributed by atoms with Crippen LogP contribution in [-0.4, -0.2) is 66.2 Å². The highest BCUT2D eigenvalue weighted by molar-refractivity contribution is 5.98. The Morgan fingerprint density at radius 3 is 2.42 bits per heavy atom. The van der Waals surface area contributed by atoms with Crippen LogP contribution in [0.3, 0.4) is 0 Å². The summed E-state index contributed by atoms with van der Waals surface area (Å²) in [5.74, 6) is -1.63. The monoisotopic (exact) mass is 532 g/mol. The summed E-state index contributed by atoms with van der Waals surface area (Å²) in [7, 11) is 3.01. The van der Waals surface area contributed by atoms with E-state index in [0.717, 1.165) is 16.7 Å². The molecule has 2 bridgehead atoms. The lowest BCUT2D eigenvalue weighted by Gasteiger charge is -2.67. The molecule has 1 aromatic rings. The minimum atomic E-state index is -1.48. The number of hydrogen-bond donors (Lipinski definition) is 1. The predicted octanol–water partition coefficient (Wildman–Crippen LogP) is 2.95. The Balaban J connectivity index is 1.60. The van der Waals surface area contributed by atoms with Crippen LogP contribution in [0, 0.1) is 18.3 Å². The summed E-state index contributed by atoms with van der Waals surface area (Å²) in [4.78, 5) is 25.1. The maximum Gasteiger partial charge on any atom is 0.342 e. The number of methoxy groups -OCH3 is 2. The molecule has 1 saturated carbocycles. The average molecular weight is 533 g/mol. The van der Waals surface area contributed by atoms with Crippen molar-refractivity contribution in [3.63, 3.8) is 0 Å². The minimum absolute atomic E-state index is 0.115. The van der Waals surface area contributed by atoms with Gasteiger partial charge in [0.15, 0.2) is 0 Å². The molecule has 4 heterocycles. The third-order valence-corrected chi connectivity index (χ3v) is 10.0. The van der Waals surface area contributed by atoms with E-state index in [4.69, 9.17) is 33.2 Å². The fourth-order valence-electron chi connectivity index (χ4n) is 8.60. The second-order valence-electron chi connectivity index (χ2n) is 12.2. The summed E-state index contributed by atoms with van der Waals surface area (Å²) in [6, 6.07) is 0. The van der Waals surface area contributed by atoms with Crippen molar-refractivity contribution in [2.24, 2.45) is 11.3 Å². The fraction of sp³-hybridized carbons (Fsp3) is 0.714. The van der Waals surface area contributed by atoms with E-state index < -0.39 is 52.3 Å². The first-order valence-electron chi connectivity index (χ1n) is 13.1. The number of cyclic esters (lactones) is 1. The van der Waals surface area contributed by atoms with Crippen LogP contribution in [0.5, 0.6) is 11.5 Å². The number of aliphatic hydroxyl groups is 1. The average Bonchev–Trinajstić information content (AvgIpc) is 3.31. The quantitative estimate of drug-likeness (QED) is 0.582. The standard InChI is InChI=1S/C28H36O10/c1-13-16-12-34-23(31)20(16)22(32-7)15-9-17-25(5,36-21(13)15)10-18(30)28-24(3,4)37-27(33-8,38-28)11-19(26(17,28)6)35-14(2)29/h17-19,30H,9-12H2,1-8H3/t17-,18+,19+,25-,26+,27-,28+/m1/s1. The molecule has 0 radical (unpaired) electrons. The van der Waals surface area contributed by atoms with Crippen molar-refractivity contribution >= 4 is 11.9 Å². The second-order valence-corrected chi connectivity index (χ2v) is 12.2. The summed E-state index contributed by atoms with van der Waals surface area (Å²) in [6.07, 6.45) is -0.990. The number of carbonyl (C=O) groups is 2. The van der Waals surface area contributed by atoms with E-state index in [1.807, 2.05) is 34.6 Å². The Morgan fingerprint density at radius 2 is 1.79 bits per heavy atom. The van der Waals surface area contributed by atoms with E-state index in [9.17, 15) is 14.7 Å². The van der Waals surface area contributed by atoms with Gasteiger partial charge in [-0.25, -0.2) is 4.79 Å². The van der Waals surface area contributed by atoms with Gasteiger partial charge in [-0.3, -0.25) is 4.79 Å². The summed E-state index contributed by atoms with van der Waals surface area (Å²) in [6.45, 7) is 11.1. The Bertz CT molecular complexity index is 1260. The van der Waals surface area contributed by atoms with Crippen LogP contribution in [-0.2, 0) is 41.5 Å². The Morgan fingerprint density at radius 1 is 1.08 bits per heavy atom. The minimum Gasteiger partial charge on any atom is -0.495 e. The first-order chi connectivity index (χ1) is 17.7. The zero-order valence-electron chi connectivity index (χ0n) is 23.2. The molecule has 10 nitrogen and oxygen atoms in total. The van der Waals surface area contributed by atoms with Crippen molar-refractivity contribution < 1.29 is 47.9 Å². The molecule has 2 saturated heterocycles. The summed E-state index contributed by atoms with van der Waals surface area (Å²) in [5.41, 5.74) is -1.45. The number of benzene rings is 1. The molecule has 1 aromatic carbocycles. The molecule has 0 unspecified atom stereocenters. The van der Waals surface area contributed by atoms with Gasteiger partial charge in [0.2, 0.25) is 0 Å². The van der Waals surface area contributed by atoms with Gasteiger partial charge in [-0.2, -0.15) is 0 Å². The molecule has 0 aromatic heterocycles. The van der Waals surface area contributed by atoms with Gasteiger partial charge in [0.1, 0.15) is 46.6 Å². The molecule has 10 heteroatoms. The van der Waals surface area contributed by atoms with Crippen molar-refractivity contribution in [2.45, 2.75) is 102 Å². The molecule has 0 amide bonds.